The summed E-state index contributed by atoms with van der Waals surface area (Å²) in [6.45, 7) is 0. The molecule has 2 aromatic heterocycles. The van der Waals surface area contributed by atoms with Crippen molar-refractivity contribution in [1.82, 2.24) is 14.6 Å². The first kappa shape index (κ1) is 10.5. The van der Waals surface area contributed by atoms with Crippen LogP contribution in [0.3, 0.4) is 0 Å². The second-order valence-corrected chi connectivity index (χ2v) is 3.82. The van der Waals surface area contributed by atoms with Crippen molar-refractivity contribution in [3.8, 4) is 17.0 Å². The SMILES string of the molecule is O=c1cc(O)n2ncc(-c3cccc(F)c3)c2[nH]1. The number of fused-ring (bicyclic) bond motifs is 1. The molecular weight excluding hydrogens is 237 g/mol. The number of halogens is 1. The molecule has 0 bridgehead atoms. The molecule has 3 aromatic rings. The van der Waals surface area contributed by atoms with Gasteiger partial charge in [0.15, 0.2) is 0 Å². The third kappa shape index (κ3) is 1.55. The van der Waals surface area contributed by atoms with Gasteiger partial charge in [0.2, 0.25) is 5.88 Å². The minimum absolute atomic E-state index is 0.267. The molecule has 0 saturated carbocycles. The standard InChI is InChI=1S/C12H8FN3O2/c13-8-3-1-2-7(4-8)9-6-14-16-11(18)5-10(17)15-12(9)16/h1-6,18H,(H,15,17). The number of H-pyrrole nitrogens is 1. The number of benzene rings is 1. The zero-order chi connectivity index (χ0) is 12.7. The third-order valence-corrected chi connectivity index (χ3v) is 2.62. The van der Waals surface area contributed by atoms with Gasteiger partial charge in [-0.2, -0.15) is 9.61 Å². The van der Waals surface area contributed by atoms with E-state index < -0.39 is 5.56 Å². The summed E-state index contributed by atoms with van der Waals surface area (Å²) >= 11 is 0. The Balaban J connectivity index is 2.34. The van der Waals surface area contributed by atoms with Crippen molar-refractivity contribution < 1.29 is 9.50 Å². The van der Waals surface area contributed by atoms with E-state index in [-0.39, 0.29) is 11.7 Å². The van der Waals surface area contributed by atoms with E-state index >= 15 is 0 Å². The number of aromatic amines is 1. The Morgan fingerprint density at radius 3 is 2.94 bits per heavy atom. The van der Waals surface area contributed by atoms with Crippen LogP contribution in [0.2, 0.25) is 0 Å². The van der Waals surface area contributed by atoms with E-state index in [1.807, 2.05) is 0 Å². The molecule has 0 spiro atoms. The van der Waals surface area contributed by atoms with Crippen LogP contribution in [0.15, 0.2) is 41.3 Å². The Labute approximate surface area is 100 Å². The lowest BCUT2D eigenvalue weighted by molar-refractivity contribution is 0.434. The van der Waals surface area contributed by atoms with Crippen molar-refractivity contribution in [3.05, 3.63) is 52.7 Å². The van der Waals surface area contributed by atoms with Gasteiger partial charge >= 0.3 is 0 Å². The summed E-state index contributed by atoms with van der Waals surface area (Å²) in [6, 6.07) is 6.95. The monoisotopic (exact) mass is 245 g/mol. The number of hydrogen-bond acceptors (Lipinski definition) is 3. The van der Waals surface area contributed by atoms with Crippen molar-refractivity contribution in [2.75, 3.05) is 0 Å². The molecule has 0 atom stereocenters. The number of hydrogen-bond donors (Lipinski definition) is 2. The number of nitrogens with one attached hydrogen (secondary N) is 1. The molecule has 0 amide bonds. The van der Waals surface area contributed by atoms with Crippen molar-refractivity contribution >= 4 is 5.65 Å². The zero-order valence-corrected chi connectivity index (χ0v) is 9.09. The van der Waals surface area contributed by atoms with E-state index in [0.29, 0.717) is 16.8 Å². The Morgan fingerprint density at radius 1 is 1.33 bits per heavy atom. The molecule has 3 rings (SSSR count). The van der Waals surface area contributed by atoms with Crippen LogP contribution >= 0.6 is 0 Å². The van der Waals surface area contributed by atoms with E-state index in [9.17, 15) is 14.3 Å². The first-order valence-electron chi connectivity index (χ1n) is 5.21. The Bertz CT molecular complexity index is 791. The summed E-state index contributed by atoms with van der Waals surface area (Å²) < 4.78 is 14.4. The van der Waals surface area contributed by atoms with Gasteiger partial charge in [0.05, 0.1) is 12.3 Å². The number of rotatable bonds is 1. The molecular formula is C12H8FN3O2. The molecule has 2 heterocycles. The van der Waals surface area contributed by atoms with Gasteiger partial charge < -0.3 is 10.1 Å². The maximum absolute atomic E-state index is 13.2. The largest absolute Gasteiger partial charge is 0.493 e. The Kier molecular flexibility index (Phi) is 2.16. The topological polar surface area (TPSA) is 70.4 Å². The van der Waals surface area contributed by atoms with Gasteiger partial charge in [0.25, 0.3) is 5.56 Å². The molecule has 6 heteroatoms. The minimum atomic E-state index is -0.446. The van der Waals surface area contributed by atoms with E-state index in [0.717, 1.165) is 6.07 Å². The van der Waals surface area contributed by atoms with Crippen molar-refractivity contribution in [2.45, 2.75) is 0 Å². The average molecular weight is 245 g/mol. The smallest absolute Gasteiger partial charge is 0.254 e. The quantitative estimate of drug-likeness (QED) is 0.683. The maximum Gasteiger partial charge on any atom is 0.254 e. The molecule has 0 fully saturated rings. The van der Waals surface area contributed by atoms with Crippen LogP contribution in [0.4, 0.5) is 4.39 Å². The molecule has 5 nitrogen and oxygen atoms in total. The minimum Gasteiger partial charge on any atom is -0.493 e. The predicted octanol–water partition coefficient (Wildman–Crippen LogP) is 1.53. The van der Waals surface area contributed by atoms with Crippen LogP contribution in [-0.2, 0) is 0 Å². The molecule has 0 radical (unpaired) electrons. The van der Waals surface area contributed by atoms with Crippen LogP contribution in [0.25, 0.3) is 16.8 Å². The molecule has 1 aromatic carbocycles. The van der Waals surface area contributed by atoms with Crippen LogP contribution in [0.5, 0.6) is 5.88 Å². The maximum atomic E-state index is 13.2. The summed E-state index contributed by atoms with van der Waals surface area (Å²) in [5.41, 5.74) is 0.998. The summed E-state index contributed by atoms with van der Waals surface area (Å²) in [6.07, 6.45) is 1.46. The fraction of sp³-hybridized carbons (Fsp3) is 0. The van der Waals surface area contributed by atoms with E-state index in [4.69, 9.17) is 0 Å². The molecule has 90 valence electrons. The zero-order valence-electron chi connectivity index (χ0n) is 9.09. The normalized spacial score (nSPS) is 10.9. The van der Waals surface area contributed by atoms with Gasteiger partial charge in [-0.05, 0) is 17.7 Å². The molecule has 0 aliphatic rings. The lowest BCUT2D eigenvalue weighted by Crippen LogP contribution is -2.07. The lowest BCUT2D eigenvalue weighted by atomic mass is 10.1. The second kappa shape index (κ2) is 3.69. The van der Waals surface area contributed by atoms with Crippen LogP contribution in [-0.4, -0.2) is 19.7 Å². The summed E-state index contributed by atoms with van der Waals surface area (Å²) in [5, 5.41) is 13.5. The number of aromatic nitrogens is 3. The fourth-order valence-corrected chi connectivity index (χ4v) is 1.84. The molecule has 0 saturated heterocycles. The van der Waals surface area contributed by atoms with Crippen molar-refractivity contribution in [2.24, 2.45) is 0 Å². The van der Waals surface area contributed by atoms with E-state index in [1.54, 1.807) is 12.1 Å². The second-order valence-electron chi connectivity index (χ2n) is 3.82. The molecule has 0 aliphatic heterocycles. The third-order valence-electron chi connectivity index (χ3n) is 2.62. The summed E-state index contributed by atoms with van der Waals surface area (Å²) in [4.78, 5) is 13.9. The first-order chi connectivity index (χ1) is 8.65. The summed E-state index contributed by atoms with van der Waals surface area (Å²) in [7, 11) is 0. The molecule has 0 aliphatic carbocycles. The van der Waals surface area contributed by atoms with Gasteiger partial charge in [-0.15, -0.1) is 0 Å². The number of nitrogens with zero attached hydrogens (tertiary/aromatic N) is 2. The van der Waals surface area contributed by atoms with Gasteiger partial charge in [-0.25, -0.2) is 4.39 Å². The average Bonchev–Trinajstić information content (AvgIpc) is 2.72. The highest BCUT2D eigenvalue weighted by Gasteiger charge is 2.10. The van der Waals surface area contributed by atoms with Gasteiger partial charge in [0, 0.05) is 5.56 Å². The highest BCUT2D eigenvalue weighted by molar-refractivity contribution is 5.77. The Morgan fingerprint density at radius 2 is 2.17 bits per heavy atom. The van der Waals surface area contributed by atoms with E-state index in [1.165, 1.54) is 22.8 Å². The molecule has 2 N–H and O–H groups in total. The van der Waals surface area contributed by atoms with Crippen molar-refractivity contribution in [3.63, 3.8) is 0 Å². The lowest BCUT2D eigenvalue weighted by Gasteiger charge is -2.00. The first-order valence-corrected chi connectivity index (χ1v) is 5.21. The fourth-order valence-electron chi connectivity index (χ4n) is 1.84. The van der Waals surface area contributed by atoms with Crippen molar-refractivity contribution in [1.29, 1.82) is 0 Å². The van der Waals surface area contributed by atoms with Crippen LogP contribution in [0, 0.1) is 5.82 Å². The predicted molar refractivity (Wildman–Crippen MR) is 62.9 cm³/mol. The molecule has 18 heavy (non-hydrogen) atoms. The Hall–Kier alpha value is -2.63. The van der Waals surface area contributed by atoms with E-state index in [2.05, 4.69) is 10.1 Å². The molecule has 0 unspecified atom stereocenters. The number of aromatic hydroxyl groups is 1. The highest BCUT2D eigenvalue weighted by atomic mass is 19.1. The van der Waals surface area contributed by atoms with Crippen LogP contribution < -0.4 is 5.56 Å². The van der Waals surface area contributed by atoms with Gasteiger partial charge in [-0.3, -0.25) is 4.79 Å². The summed E-state index contributed by atoms with van der Waals surface area (Å²) in [5.74, 6) is -0.647. The highest BCUT2D eigenvalue weighted by Crippen LogP contribution is 2.24. The van der Waals surface area contributed by atoms with Gasteiger partial charge in [0.1, 0.15) is 11.5 Å². The van der Waals surface area contributed by atoms with Crippen LogP contribution in [0.1, 0.15) is 0 Å². The van der Waals surface area contributed by atoms with Gasteiger partial charge in [-0.1, -0.05) is 12.1 Å².